The Kier molecular flexibility index (Phi) is 5.87. The van der Waals surface area contributed by atoms with Gasteiger partial charge in [-0.1, -0.05) is 12.1 Å². The van der Waals surface area contributed by atoms with Crippen molar-refractivity contribution >= 4 is 29.4 Å². The molecular formula is C24H27FN6O2. The summed E-state index contributed by atoms with van der Waals surface area (Å²) in [5.41, 5.74) is 1.94. The molecule has 5 rings (SSSR count). The molecule has 0 radical (unpaired) electrons. The van der Waals surface area contributed by atoms with E-state index in [1.165, 1.54) is 6.07 Å². The van der Waals surface area contributed by atoms with Gasteiger partial charge in [0.2, 0.25) is 5.95 Å². The maximum absolute atomic E-state index is 14.3. The van der Waals surface area contributed by atoms with E-state index >= 15 is 0 Å². The van der Waals surface area contributed by atoms with Crippen LogP contribution in [0, 0.1) is 5.82 Å². The summed E-state index contributed by atoms with van der Waals surface area (Å²) in [5, 5.41) is 20.0. The number of anilines is 4. The highest BCUT2D eigenvalue weighted by atomic mass is 19.1. The number of hydrogen-bond donors (Lipinski definition) is 4. The van der Waals surface area contributed by atoms with E-state index in [9.17, 15) is 9.50 Å². The Hall–Kier alpha value is -3.59. The lowest BCUT2D eigenvalue weighted by molar-refractivity contribution is 0.111. The fourth-order valence-corrected chi connectivity index (χ4v) is 4.36. The summed E-state index contributed by atoms with van der Waals surface area (Å²) in [4.78, 5) is 9.26. The van der Waals surface area contributed by atoms with Gasteiger partial charge in [-0.2, -0.15) is 0 Å². The van der Waals surface area contributed by atoms with Gasteiger partial charge in [0.05, 0.1) is 25.1 Å². The number of benzene rings is 2. The molecular weight excluding hydrogens is 423 g/mol. The number of aliphatic imine (C=N–C) groups is 1. The van der Waals surface area contributed by atoms with Crippen molar-refractivity contribution in [3.05, 3.63) is 60.0 Å². The van der Waals surface area contributed by atoms with Crippen molar-refractivity contribution in [1.29, 1.82) is 0 Å². The van der Waals surface area contributed by atoms with Crippen molar-refractivity contribution in [3.63, 3.8) is 0 Å². The molecule has 0 bridgehead atoms. The molecule has 2 heterocycles. The van der Waals surface area contributed by atoms with Crippen molar-refractivity contribution < 1.29 is 14.2 Å². The summed E-state index contributed by atoms with van der Waals surface area (Å²) in [7, 11) is 1.63. The summed E-state index contributed by atoms with van der Waals surface area (Å²) in [6, 6.07) is 14.3. The predicted octanol–water partition coefficient (Wildman–Crippen LogP) is 4.49. The average molecular weight is 451 g/mol. The lowest BCUT2D eigenvalue weighted by Crippen LogP contribution is -2.32. The Morgan fingerprint density at radius 2 is 1.85 bits per heavy atom. The van der Waals surface area contributed by atoms with Crippen LogP contribution in [0.3, 0.4) is 0 Å². The van der Waals surface area contributed by atoms with Crippen molar-refractivity contribution in [2.75, 3.05) is 23.1 Å². The number of imidazole rings is 1. The maximum atomic E-state index is 14.3. The van der Waals surface area contributed by atoms with Gasteiger partial charge in [0.1, 0.15) is 23.1 Å². The lowest BCUT2D eigenvalue weighted by atomic mass is 9.93. The molecule has 1 atom stereocenters. The zero-order valence-electron chi connectivity index (χ0n) is 18.3. The number of rotatable bonds is 6. The SMILES string of the molecule is COc1ccc(NC2N=Cc3nc(Nc4ccccc4F)n(C4CCC(O)CC4)c3N2)cc1. The van der Waals surface area contributed by atoms with E-state index in [1.807, 2.05) is 24.3 Å². The van der Waals surface area contributed by atoms with Crippen LogP contribution in [0.2, 0.25) is 0 Å². The minimum Gasteiger partial charge on any atom is -0.497 e. The molecule has 1 aliphatic carbocycles. The van der Waals surface area contributed by atoms with Crippen molar-refractivity contribution in [2.45, 2.75) is 44.1 Å². The van der Waals surface area contributed by atoms with Crippen LogP contribution in [0.5, 0.6) is 5.75 Å². The highest BCUT2D eigenvalue weighted by Crippen LogP contribution is 2.37. The Balaban J connectivity index is 1.44. The number of aliphatic hydroxyl groups excluding tert-OH is 1. The molecule has 0 saturated heterocycles. The topological polar surface area (TPSA) is 95.7 Å². The van der Waals surface area contributed by atoms with Crippen LogP contribution in [0.1, 0.15) is 37.4 Å². The average Bonchev–Trinajstić information content (AvgIpc) is 3.19. The Morgan fingerprint density at radius 3 is 2.58 bits per heavy atom. The van der Waals surface area contributed by atoms with Gasteiger partial charge < -0.3 is 25.8 Å². The first-order chi connectivity index (χ1) is 16.1. The first kappa shape index (κ1) is 21.3. The highest BCUT2D eigenvalue weighted by Gasteiger charge is 2.30. The first-order valence-electron chi connectivity index (χ1n) is 11.1. The van der Waals surface area contributed by atoms with Crippen LogP contribution in [0.25, 0.3) is 0 Å². The van der Waals surface area contributed by atoms with E-state index in [4.69, 9.17) is 9.72 Å². The van der Waals surface area contributed by atoms with Crippen molar-refractivity contribution in [2.24, 2.45) is 4.99 Å². The fourth-order valence-electron chi connectivity index (χ4n) is 4.36. The first-order valence-corrected chi connectivity index (χ1v) is 11.1. The van der Waals surface area contributed by atoms with E-state index in [-0.39, 0.29) is 18.0 Å². The number of aromatic nitrogens is 2. The second-order valence-corrected chi connectivity index (χ2v) is 8.30. The number of halogens is 1. The molecule has 33 heavy (non-hydrogen) atoms. The van der Waals surface area contributed by atoms with Crippen molar-refractivity contribution in [3.8, 4) is 5.75 Å². The van der Waals surface area contributed by atoms with Gasteiger partial charge in [0, 0.05) is 11.7 Å². The molecule has 0 spiro atoms. The van der Waals surface area contributed by atoms with Gasteiger partial charge in [-0.05, 0) is 62.1 Å². The predicted molar refractivity (Wildman–Crippen MR) is 127 cm³/mol. The van der Waals surface area contributed by atoms with Crippen LogP contribution in [0.4, 0.5) is 27.5 Å². The molecule has 3 aromatic rings. The van der Waals surface area contributed by atoms with E-state index in [0.29, 0.717) is 17.3 Å². The summed E-state index contributed by atoms with van der Waals surface area (Å²) >= 11 is 0. The molecule has 1 unspecified atom stereocenters. The molecule has 0 amide bonds. The number of para-hydroxylation sites is 1. The third-order valence-electron chi connectivity index (χ3n) is 6.10. The molecule has 2 aliphatic rings. The minimum atomic E-state index is -0.392. The molecule has 1 aromatic heterocycles. The van der Waals surface area contributed by atoms with Crippen molar-refractivity contribution in [1.82, 2.24) is 9.55 Å². The summed E-state index contributed by atoms with van der Waals surface area (Å²) in [6.07, 6.45) is 4.13. The molecule has 1 saturated carbocycles. The lowest BCUT2D eigenvalue weighted by Gasteiger charge is -2.31. The number of methoxy groups -OCH3 is 1. The quantitative estimate of drug-likeness (QED) is 0.442. The zero-order chi connectivity index (χ0) is 22.8. The van der Waals surface area contributed by atoms with Gasteiger partial charge >= 0.3 is 0 Å². The molecule has 4 N–H and O–H groups in total. The monoisotopic (exact) mass is 450 g/mol. The molecule has 9 heteroatoms. The Labute approximate surface area is 191 Å². The second kappa shape index (κ2) is 9.11. The maximum Gasteiger partial charge on any atom is 0.209 e. The van der Waals surface area contributed by atoms with Gasteiger partial charge in [-0.25, -0.2) is 14.4 Å². The van der Waals surface area contributed by atoms with Crippen LogP contribution < -0.4 is 20.7 Å². The second-order valence-electron chi connectivity index (χ2n) is 8.30. The largest absolute Gasteiger partial charge is 0.497 e. The van der Waals surface area contributed by atoms with Crippen LogP contribution in [-0.2, 0) is 0 Å². The standard InChI is InChI=1S/C24H27FN6O2/c1-33-18-12-6-15(7-13-18)27-23-26-14-21-22(30-23)31(16-8-10-17(32)11-9-16)24(29-21)28-20-5-3-2-4-19(20)25/h2-7,12-14,16-17,23,27,30,32H,8-11H2,1H3,(H,28,29). The summed E-state index contributed by atoms with van der Waals surface area (Å²) in [6.45, 7) is 0. The number of nitrogens with zero attached hydrogens (tertiary/aromatic N) is 3. The van der Waals surface area contributed by atoms with Crippen LogP contribution >= 0.6 is 0 Å². The van der Waals surface area contributed by atoms with Gasteiger partial charge in [0.25, 0.3) is 0 Å². The summed E-state index contributed by atoms with van der Waals surface area (Å²) < 4.78 is 21.7. The van der Waals surface area contributed by atoms with E-state index in [0.717, 1.165) is 42.9 Å². The number of nitrogens with one attached hydrogen (secondary N) is 3. The smallest absolute Gasteiger partial charge is 0.209 e. The number of ether oxygens (including phenoxy) is 1. The third kappa shape index (κ3) is 4.49. The van der Waals surface area contributed by atoms with Crippen LogP contribution in [0.15, 0.2) is 53.5 Å². The molecule has 172 valence electrons. The van der Waals surface area contributed by atoms with Gasteiger partial charge in [-0.3, -0.25) is 4.57 Å². The highest BCUT2D eigenvalue weighted by molar-refractivity contribution is 5.88. The molecule has 1 aliphatic heterocycles. The zero-order valence-corrected chi connectivity index (χ0v) is 18.3. The Morgan fingerprint density at radius 1 is 1.09 bits per heavy atom. The van der Waals surface area contributed by atoms with Gasteiger partial charge in [0.15, 0.2) is 6.29 Å². The molecule has 1 fully saturated rings. The van der Waals surface area contributed by atoms with Crippen LogP contribution in [-0.4, -0.2) is 40.4 Å². The molecule has 8 nitrogen and oxygen atoms in total. The minimum absolute atomic E-state index is 0.125. The third-order valence-corrected chi connectivity index (χ3v) is 6.10. The Bertz CT molecular complexity index is 1140. The number of hydrogen-bond acceptors (Lipinski definition) is 7. The normalized spacial score (nSPS) is 21.7. The molecule has 2 aromatic carbocycles. The number of aliphatic hydroxyl groups is 1. The fraction of sp³-hybridized carbons (Fsp3) is 0.333. The number of fused-ring (bicyclic) bond motifs is 1. The summed E-state index contributed by atoms with van der Waals surface area (Å²) in [5.74, 6) is 1.81. The van der Waals surface area contributed by atoms with E-state index < -0.39 is 6.29 Å². The van der Waals surface area contributed by atoms with E-state index in [2.05, 4.69) is 25.5 Å². The van der Waals surface area contributed by atoms with E-state index in [1.54, 1.807) is 31.5 Å². The van der Waals surface area contributed by atoms with Gasteiger partial charge in [-0.15, -0.1) is 0 Å².